The Balaban J connectivity index is 0.000000406. The van der Waals surface area contributed by atoms with Crippen molar-refractivity contribution in [2.75, 3.05) is 6.54 Å². The molecule has 0 saturated carbocycles. The fraction of sp³-hybridized carbons (Fsp3) is 0.182. The van der Waals surface area contributed by atoms with Crippen LogP contribution in [0.2, 0.25) is 0 Å². The molecule has 0 radical (unpaired) electrons. The molecule has 3 heterocycles. The maximum Gasteiger partial charge on any atom is 0.490 e. The van der Waals surface area contributed by atoms with Gasteiger partial charge in [0.15, 0.2) is 0 Å². The van der Waals surface area contributed by atoms with Crippen molar-refractivity contribution >= 4 is 17.6 Å². The lowest BCUT2D eigenvalue weighted by Gasteiger charge is -2.11. The molecule has 0 bridgehead atoms. The molecule has 3 aromatic rings. The quantitative estimate of drug-likeness (QED) is 0.196. The topological polar surface area (TPSA) is 128 Å². The van der Waals surface area contributed by atoms with Crippen LogP contribution >= 0.6 is 0 Å². The van der Waals surface area contributed by atoms with E-state index in [4.69, 9.17) is 15.1 Å². The molecule has 12 heteroatoms. The molecular formula is C22H18F4N4O4. The summed E-state index contributed by atoms with van der Waals surface area (Å²) in [4.78, 5) is 28.4. The SMILES string of the molecule is C/C(=N\O)c1ccc(F)c(-c2cc(-c3cc4c([nH]3)CCNC4=O)ccn2)c1.O=C(O)C(F)(F)F. The summed E-state index contributed by atoms with van der Waals surface area (Å²) >= 11 is 0. The van der Waals surface area contributed by atoms with Crippen LogP contribution in [0.25, 0.3) is 22.5 Å². The van der Waals surface area contributed by atoms with E-state index in [1.165, 1.54) is 6.07 Å². The van der Waals surface area contributed by atoms with Gasteiger partial charge in [-0.25, -0.2) is 9.18 Å². The van der Waals surface area contributed by atoms with Crippen molar-refractivity contribution < 1.29 is 37.5 Å². The summed E-state index contributed by atoms with van der Waals surface area (Å²) in [6.45, 7) is 2.24. The normalized spacial score (nSPS) is 13.4. The highest BCUT2D eigenvalue weighted by molar-refractivity contribution is 5.99. The van der Waals surface area contributed by atoms with E-state index in [9.17, 15) is 22.4 Å². The number of pyridine rings is 1. The van der Waals surface area contributed by atoms with Gasteiger partial charge in [0.1, 0.15) is 5.82 Å². The molecule has 0 unspecified atom stereocenters. The van der Waals surface area contributed by atoms with E-state index in [-0.39, 0.29) is 5.91 Å². The largest absolute Gasteiger partial charge is 0.490 e. The molecule has 1 amide bonds. The average molecular weight is 478 g/mol. The third kappa shape index (κ3) is 5.39. The Kier molecular flexibility index (Phi) is 6.99. The van der Waals surface area contributed by atoms with Crippen LogP contribution in [0.3, 0.4) is 0 Å². The highest BCUT2D eigenvalue weighted by Gasteiger charge is 2.38. The molecule has 0 saturated heterocycles. The number of H-pyrrole nitrogens is 1. The van der Waals surface area contributed by atoms with Crippen LogP contribution in [0.4, 0.5) is 17.6 Å². The van der Waals surface area contributed by atoms with Gasteiger partial charge in [0, 0.05) is 41.7 Å². The highest BCUT2D eigenvalue weighted by atomic mass is 19.4. The van der Waals surface area contributed by atoms with Gasteiger partial charge >= 0.3 is 12.1 Å². The van der Waals surface area contributed by atoms with Gasteiger partial charge in [-0.05, 0) is 42.8 Å². The molecule has 178 valence electrons. The van der Waals surface area contributed by atoms with Crippen molar-refractivity contribution in [1.82, 2.24) is 15.3 Å². The number of rotatable bonds is 3. The Morgan fingerprint density at radius 3 is 2.47 bits per heavy atom. The summed E-state index contributed by atoms with van der Waals surface area (Å²) in [6.07, 6.45) is -2.74. The summed E-state index contributed by atoms with van der Waals surface area (Å²) in [6, 6.07) is 9.85. The number of nitrogens with one attached hydrogen (secondary N) is 2. The number of fused-ring (bicyclic) bond motifs is 1. The first-order valence-electron chi connectivity index (χ1n) is 9.77. The molecule has 1 aliphatic heterocycles. The van der Waals surface area contributed by atoms with E-state index in [0.717, 1.165) is 23.4 Å². The number of hydrogen-bond donors (Lipinski definition) is 4. The number of alkyl halides is 3. The number of amides is 1. The number of carbonyl (C=O) groups excluding carboxylic acids is 1. The predicted molar refractivity (Wildman–Crippen MR) is 113 cm³/mol. The zero-order valence-corrected chi connectivity index (χ0v) is 17.6. The van der Waals surface area contributed by atoms with Crippen LogP contribution in [-0.4, -0.2) is 50.6 Å². The standard InChI is InChI=1S/C20H17FN4O2.C2HF3O2/c1-11(25-27)12-2-3-16(21)14(8-12)19-9-13(4-6-22-19)18-10-15-17(24-18)5-7-23-20(15)26;3-2(4,5)1(6)7/h2-4,6,8-10,24,27H,5,7H2,1H3,(H,23,26);(H,6,7)/b25-11+;. The van der Waals surface area contributed by atoms with Crippen LogP contribution in [0.15, 0.2) is 47.8 Å². The molecule has 0 fully saturated rings. The first-order chi connectivity index (χ1) is 16.0. The lowest BCUT2D eigenvalue weighted by Crippen LogP contribution is -2.31. The van der Waals surface area contributed by atoms with Crippen molar-refractivity contribution in [3.63, 3.8) is 0 Å². The number of aromatic nitrogens is 2. The number of nitrogens with zero attached hydrogens (tertiary/aromatic N) is 2. The van der Waals surface area contributed by atoms with Gasteiger partial charge < -0.3 is 20.6 Å². The lowest BCUT2D eigenvalue weighted by molar-refractivity contribution is -0.192. The minimum Gasteiger partial charge on any atom is -0.475 e. The molecule has 0 spiro atoms. The number of carboxylic acid groups (broad SMARTS) is 1. The van der Waals surface area contributed by atoms with Gasteiger partial charge in [-0.1, -0.05) is 11.2 Å². The van der Waals surface area contributed by atoms with Gasteiger partial charge in [-0.3, -0.25) is 9.78 Å². The highest BCUT2D eigenvalue weighted by Crippen LogP contribution is 2.29. The first kappa shape index (κ1) is 24.4. The first-order valence-corrected chi connectivity index (χ1v) is 9.77. The number of carbonyl (C=O) groups is 2. The van der Waals surface area contributed by atoms with Crippen LogP contribution in [0, 0.1) is 5.82 Å². The van der Waals surface area contributed by atoms with Crippen LogP contribution in [0.5, 0.6) is 0 Å². The fourth-order valence-corrected chi connectivity index (χ4v) is 3.20. The minimum absolute atomic E-state index is 0.0921. The summed E-state index contributed by atoms with van der Waals surface area (Å²) in [5, 5.41) is 22.1. The Morgan fingerprint density at radius 2 is 1.85 bits per heavy atom. The van der Waals surface area contributed by atoms with E-state index >= 15 is 0 Å². The smallest absolute Gasteiger partial charge is 0.475 e. The summed E-state index contributed by atoms with van der Waals surface area (Å²) in [7, 11) is 0. The van der Waals surface area contributed by atoms with E-state index < -0.39 is 18.0 Å². The molecule has 2 aromatic heterocycles. The van der Waals surface area contributed by atoms with E-state index in [2.05, 4.69) is 20.4 Å². The molecule has 1 aliphatic rings. The van der Waals surface area contributed by atoms with Gasteiger partial charge in [-0.15, -0.1) is 0 Å². The predicted octanol–water partition coefficient (Wildman–Crippen LogP) is 4.00. The Labute approximate surface area is 190 Å². The third-order valence-electron chi connectivity index (χ3n) is 4.93. The zero-order valence-electron chi connectivity index (χ0n) is 17.6. The van der Waals surface area contributed by atoms with Gasteiger partial charge in [-0.2, -0.15) is 13.2 Å². The molecule has 0 atom stereocenters. The molecule has 4 N–H and O–H groups in total. The second kappa shape index (κ2) is 9.73. The number of carboxylic acids is 1. The van der Waals surface area contributed by atoms with Gasteiger partial charge in [0.05, 0.1) is 17.0 Å². The zero-order chi connectivity index (χ0) is 25.0. The summed E-state index contributed by atoms with van der Waals surface area (Å²) in [5.41, 5.74) is 4.88. The second-order valence-corrected chi connectivity index (χ2v) is 7.19. The number of hydrogen-bond acceptors (Lipinski definition) is 5. The van der Waals surface area contributed by atoms with Gasteiger partial charge in [0.2, 0.25) is 0 Å². The van der Waals surface area contributed by atoms with Crippen molar-refractivity contribution in [1.29, 1.82) is 0 Å². The number of aliphatic carboxylic acids is 1. The van der Waals surface area contributed by atoms with Crippen molar-refractivity contribution in [3.8, 4) is 22.5 Å². The number of oxime groups is 1. The Bertz CT molecular complexity index is 1270. The van der Waals surface area contributed by atoms with Crippen molar-refractivity contribution in [2.24, 2.45) is 5.16 Å². The van der Waals surface area contributed by atoms with Crippen molar-refractivity contribution in [3.05, 3.63) is 65.2 Å². The van der Waals surface area contributed by atoms with Crippen LogP contribution < -0.4 is 5.32 Å². The van der Waals surface area contributed by atoms with Gasteiger partial charge in [0.25, 0.3) is 5.91 Å². The summed E-state index contributed by atoms with van der Waals surface area (Å²) < 4.78 is 46.1. The maximum absolute atomic E-state index is 14.4. The molecular weight excluding hydrogens is 460 g/mol. The Hall–Kier alpha value is -4.22. The minimum atomic E-state index is -5.08. The van der Waals surface area contributed by atoms with E-state index in [0.29, 0.717) is 34.6 Å². The van der Waals surface area contributed by atoms with Crippen molar-refractivity contribution in [2.45, 2.75) is 19.5 Å². The molecule has 8 nitrogen and oxygen atoms in total. The van der Waals surface area contributed by atoms with Crippen LogP contribution in [-0.2, 0) is 11.2 Å². The fourth-order valence-electron chi connectivity index (χ4n) is 3.20. The third-order valence-corrected chi connectivity index (χ3v) is 4.93. The maximum atomic E-state index is 14.4. The number of aromatic amines is 1. The lowest BCUT2D eigenvalue weighted by atomic mass is 10.0. The monoisotopic (exact) mass is 478 g/mol. The second-order valence-electron chi connectivity index (χ2n) is 7.19. The molecule has 1 aromatic carbocycles. The molecule has 34 heavy (non-hydrogen) atoms. The van der Waals surface area contributed by atoms with Crippen LogP contribution in [0.1, 0.15) is 28.5 Å². The summed E-state index contributed by atoms with van der Waals surface area (Å²) in [5.74, 6) is -3.27. The number of halogens is 4. The molecule has 0 aliphatic carbocycles. The Morgan fingerprint density at radius 1 is 1.15 bits per heavy atom. The molecule has 4 rings (SSSR count). The van der Waals surface area contributed by atoms with E-state index in [1.807, 2.05) is 0 Å². The average Bonchev–Trinajstić information content (AvgIpc) is 3.25. The van der Waals surface area contributed by atoms with E-state index in [1.54, 1.807) is 43.5 Å². The number of benzene rings is 1.